The summed E-state index contributed by atoms with van der Waals surface area (Å²) in [4.78, 5) is 31.7. The molecule has 0 unspecified atom stereocenters. The lowest BCUT2D eigenvalue weighted by atomic mass is 9.95. The predicted octanol–water partition coefficient (Wildman–Crippen LogP) is 5.50. The van der Waals surface area contributed by atoms with E-state index in [1.165, 1.54) is 54.5 Å². The van der Waals surface area contributed by atoms with Crippen LogP contribution < -0.4 is 5.32 Å². The van der Waals surface area contributed by atoms with Crippen molar-refractivity contribution in [1.29, 1.82) is 0 Å². The third-order valence-corrected chi connectivity index (χ3v) is 7.25. The summed E-state index contributed by atoms with van der Waals surface area (Å²) in [5, 5.41) is 14.0. The minimum Gasteiger partial charge on any atom is -0.353 e. The highest BCUT2D eigenvalue weighted by Crippen LogP contribution is 2.32. The highest BCUT2D eigenvalue weighted by Gasteiger charge is 2.16. The average Bonchev–Trinajstić information content (AvgIpc) is 3.19. The molecule has 1 N–H and O–H groups in total. The molecular formula is C22H22N4O3S2. The Bertz CT molecular complexity index is 1120. The lowest BCUT2D eigenvalue weighted by molar-refractivity contribution is -0.384. The first-order chi connectivity index (χ1) is 15.1. The molecule has 1 aliphatic rings. The average molecular weight is 455 g/mol. The number of nitrogens with one attached hydrogen (secondary N) is 1. The van der Waals surface area contributed by atoms with Crippen molar-refractivity contribution < 1.29 is 9.72 Å². The van der Waals surface area contributed by atoms with E-state index in [-0.39, 0.29) is 11.6 Å². The van der Waals surface area contributed by atoms with E-state index >= 15 is 0 Å². The van der Waals surface area contributed by atoms with Crippen molar-refractivity contribution in [3.05, 3.63) is 58.1 Å². The van der Waals surface area contributed by atoms with Gasteiger partial charge in [0.05, 0.1) is 26.6 Å². The highest BCUT2D eigenvalue weighted by molar-refractivity contribution is 8.01. The highest BCUT2D eigenvalue weighted by atomic mass is 32.2. The standard InChI is InChI=1S/C22H22N4O3S2/c27-21(24-16-6-2-1-3-7-16)14-30-22-25-19-10-9-17(12-20(19)31-22)23-13-15-5-4-8-18(11-15)26(28)29/h4-5,8-13,16H,1-3,6-7,14H2,(H,24,27). The normalized spacial score (nSPS) is 14.8. The maximum atomic E-state index is 12.2. The number of nitro groups is 1. The quantitative estimate of drug-likeness (QED) is 0.220. The molecular weight excluding hydrogens is 432 g/mol. The van der Waals surface area contributed by atoms with Crippen molar-refractivity contribution in [2.24, 2.45) is 4.99 Å². The van der Waals surface area contributed by atoms with Crippen LogP contribution in [0.1, 0.15) is 37.7 Å². The molecule has 1 heterocycles. The Balaban J connectivity index is 1.38. The van der Waals surface area contributed by atoms with Gasteiger partial charge in [0.15, 0.2) is 4.34 Å². The molecule has 7 nitrogen and oxygen atoms in total. The molecule has 0 atom stereocenters. The van der Waals surface area contributed by atoms with Crippen LogP contribution in [-0.4, -0.2) is 33.8 Å². The van der Waals surface area contributed by atoms with Crippen LogP contribution >= 0.6 is 23.1 Å². The number of aromatic nitrogens is 1. The molecule has 4 rings (SSSR count). The first-order valence-electron chi connectivity index (χ1n) is 10.2. The van der Waals surface area contributed by atoms with E-state index in [4.69, 9.17) is 0 Å². The number of thioether (sulfide) groups is 1. The van der Waals surface area contributed by atoms with Gasteiger partial charge in [-0.25, -0.2) is 4.98 Å². The maximum absolute atomic E-state index is 12.2. The van der Waals surface area contributed by atoms with Gasteiger partial charge in [0.25, 0.3) is 5.69 Å². The molecule has 0 aliphatic heterocycles. The molecule has 0 saturated heterocycles. The van der Waals surface area contributed by atoms with Crippen molar-refractivity contribution in [2.75, 3.05) is 5.75 Å². The van der Waals surface area contributed by atoms with Gasteiger partial charge in [-0.3, -0.25) is 19.9 Å². The molecule has 3 aromatic rings. The molecule has 31 heavy (non-hydrogen) atoms. The molecule has 160 valence electrons. The third kappa shape index (κ3) is 5.89. The molecule has 1 amide bonds. The van der Waals surface area contributed by atoms with Crippen LogP contribution in [0.2, 0.25) is 0 Å². The topological polar surface area (TPSA) is 97.5 Å². The van der Waals surface area contributed by atoms with Crippen LogP contribution in [0.4, 0.5) is 11.4 Å². The summed E-state index contributed by atoms with van der Waals surface area (Å²) in [5.74, 6) is 0.437. The molecule has 1 fully saturated rings. The first-order valence-corrected chi connectivity index (χ1v) is 12.0. The number of hydrogen-bond acceptors (Lipinski definition) is 7. The summed E-state index contributed by atoms with van der Waals surface area (Å²) in [5.41, 5.74) is 2.32. The largest absolute Gasteiger partial charge is 0.353 e. The predicted molar refractivity (Wildman–Crippen MR) is 126 cm³/mol. The van der Waals surface area contributed by atoms with Crippen LogP contribution in [0, 0.1) is 10.1 Å². The molecule has 1 aromatic heterocycles. The van der Waals surface area contributed by atoms with Gasteiger partial charge in [-0.1, -0.05) is 43.2 Å². The van der Waals surface area contributed by atoms with E-state index in [1.807, 2.05) is 18.2 Å². The van der Waals surface area contributed by atoms with Crippen LogP contribution in [-0.2, 0) is 4.79 Å². The smallest absolute Gasteiger partial charge is 0.270 e. The number of nitro benzene ring substituents is 1. The number of amides is 1. The van der Waals surface area contributed by atoms with Crippen molar-refractivity contribution in [3.8, 4) is 0 Å². The molecule has 0 radical (unpaired) electrons. The van der Waals surface area contributed by atoms with E-state index in [0.717, 1.165) is 33.1 Å². The van der Waals surface area contributed by atoms with Gasteiger partial charge in [0, 0.05) is 24.4 Å². The Morgan fingerprint density at radius 2 is 2.10 bits per heavy atom. The lowest BCUT2D eigenvalue weighted by Crippen LogP contribution is -2.37. The van der Waals surface area contributed by atoms with Crippen molar-refractivity contribution >= 4 is 56.8 Å². The number of hydrogen-bond donors (Lipinski definition) is 1. The van der Waals surface area contributed by atoms with Crippen molar-refractivity contribution in [2.45, 2.75) is 42.5 Å². The maximum Gasteiger partial charge on any atom is 0.270 e. The Hall–Kier alpha value is -2.78. The Morgan fingerprint density at radius 3 is 2.90 bits per heavy atom. The van der Waals surface area contributed by atoms with Crippen LogP contribution in [0.5, 0.6) is 0 Å². The minimum atomic E-state index is -0.421. The van der Waals surface area contributed by atoms with Gasteiger partial charge in [-0.2, -0.15) is 0 Å². The zero-order valence-corrected chi connectivity index (χ0v) is 18.5. The molecule has 0 spiro atoms. The number of aliphatic imine (C=N–C) groups is 1. The van der Waals surface area contributed by atoms with E-state index in [0.29, 0.717) is 17.4 Å². The fourth-order valence-electron chi connectivity index (χ4n) is 3.55. The summed E-state index contributed by atoms with van der Waals surface area (Å²) < 4.78 is 1.84. The summed E-state index contributed by atoms with van der Waals surface area (Å²) in [6.45, 7) is 0. The number of rotatable bonds is 7. The van der Waals surface area contributed by atoms with E-state index < -0.39 is 4.92 Å². The van der Waals surface area contributed by atoms with Crippen molar-refractivity contribution in [1.82, 2.24) is 10.3 Å². The van der Waals surface area contributed by atoms with Crippen LogP contribution in [0.3, 0.4) is 0 Å². The summed E-state index contributed by atoms with van der Waals surface area (Å²) in [6.07, 6.45) is 7.43. The lowest BCUT2D eigenvalue weighted by Gasteiger charge is -2.22. The van der Waals surface area contributed by atoms with Gasteiger partial charge >= 0.3 is 0 Å². The second kappa shape index (κ2) is 10.0. The monoisotopic (exact) mass is 454 g/mol. The summed E-state index contributed by atoms with van der Waals surface area (Å²) in [6, 6.07) is 12.4. The van der Waals surface area contributed by atoms with Crippen LogP contribution in [0.25, 0.3) is 10.2 Å². The zero-order valence-electron chi connectivity index (χ0n) is 16.8. The summed E-state index contributed by atoms with van der Waals surface area (Å²) >= 11 is 2.99. The fourth-order valence-corrected chi connectivity index (χ4v) is 5.46. The van der Waals surface area contributed by atoms with E-state index in [1.54, 1.807) is 18.3 Å². The molecule has 0 bridgehead atoms. The number of thiazole rings is 1. The SMILES string of the molecule is O=C(CSc1nc2ccc(N=Cc3cccc([N+](=O)[O-])c3)cc2s1)NC1CCCCC1. The second-order valence-electron chi connectivity index (χ2n) is 7.43. The molecule has 9 heteroatoms. The van der Waals surface area contributed by atoms with Gasteiger partial charge in [-0.15, -0.1) is 11.3 Å². The Kier molecular flexibility index (Phi) is 6.93. The molecule has 1 saturated carbocycles. The Morgan fingerprint density at radius 1 is 1.26 bits per heavy atom. The Labute approximate surface area is 188 Å². The number of fused-ring (bicyclic) bond motifs is 1. The van der Waals surface area contributed by atoms with Crippen LogP contribution in [0.15, 0.2) is 51.8 Å². The van der Waals surface area contributed by atoms with Gasteiger partial charge in [-0.05, 0) is 36.6 Å². The first kappa shape index (κ1) is 21.5. The molecule has 2 aromatic carbocycles. The van der Waals surface area contributed by atoms with Gasteiger partial charge in [0.1, 0.15) is 0 Å². The number of carbonyl (C=O) groups is 1. The summed E-state index contributed by atoms with van der Waals surface area (Å²) in [7, 11) is 0. The third-order valence-electron chi connectivity index (χ3n) is 5.09. The number of non-ortho nitro benzene ring substituents is 1. The number of carbonyl (C=O) groups excluding carboxylic acids is 1. The van der Waals surface area contributed by atoms with E-state index in [2.05, 4.69) is 15.3 Å². The number of nitrogens with zero attached hydrogens (tertiary/aromatic N) is 3. The zero-order chi connectivity index (χ0) is 21.6. The number of benzene rings is 2. The van der Waals surface area contributed by atoms with Gasteiger partial charge < -0.3 is 5.32 Å². The second-order valence-corrected chi connectivity index (χ2v) is 9.69. The van der Waals surface area contributed by atoms with Gasteiger partial charge in [0.2, 0.25) is 5.91 Å². The van der Waals surface area contributed by atoms with Crippen molar-refractivity contribution in [3.63, 3.8) is 0 Å². The van der Waals surface area contributed by atoms with E-state index in [9.17, 15) is 14.9 Å². The molecule has 1 aliphatic carbocycles. The fraction of sp³-hybridized carbons (Fsp3) is 0.318. The minimum absolute atomic E-state index is 0.0380.